The molecule has 4 nitrogen and oxygen atoms in total. The van der Waals surface area contributed by atoms with Gasteiger partial charge in [0.15, 0.2) is 0 Å². The first-order valence-corrected chi connectivity index (χ1v) is 5.22. The van der Waals surface area contributed by atoms with E-state index in [9.17, 15) is 0 Å². The van der Waals surface area contributed by atoms with E-state index in [0.29, 0.717) is 11.9 Å². The lowest BCUT2D eigenvalue weighted by molar-refractivity contribution is 0.196. The lowest BCUT2D eigenvalue weighted by Crippen LogP contribution is -2.13. The fourth-order valence-electron chi connectivity index (χ4n) is 1.09. The summed E-state index contributed by atoms with van der Waals surface area (Å²) in [4.78, 5) is 4.11. The van der Waals surface area contributed by atoms with Crippen molar-refractivity contribution in [3.05, 3.63) is 18.3 Å². The van der Waals surface area contributed by atoms with Crippen molar-refractivity contribution in [2.45, 2.75) is 26.3 Å². The van der Waals surface area contributed by atoms with Gasteiger partial charge in [0.05, 0.1) is 18.5 Å². The molecule has 1 heterocycles. The first kappa shape index (κ1) is 11.8. The van der Waals surface area contributed by atoms with Gasteiger partial charge in [0, 0.05) is 12.1 Å². The van der Waals surface area contributed by atoms with Gasteiger partial charge in [0.1, 0.15) is 6.61 Å². The summed E-state index contributed by atoms with van der Waals surface area (Å²) < 4.78 is 5.15. The van der Waals surface area contributed by atoms with Crippen LogP contribution in [0.2, 0.25) is 0 Å². The largest absolute Gasteiger partial charge is 0.475 e. The van der Waals surface area contributed by atoms with E-state index in [1.165, 1.54) is 0 Å². The van der Waals surface area contributed by atoms with E-state index in [1.54, 1.807) is 12.3 Å². The van der Waals surface area contributed by atoms with Gasteiger partial charge >= 0.3 is 0 Å². The number of ether oxygens (including phenoxy) is 1. The van der Waals surface area contributed by atoms with Gasteiger partial charge in [-0.2, -0.15) is 0 Å². The van der Waals surface area contributed by atoms with Crippen molar-refractivity contribution in [2.24, 2.45) is 0 Å². The second-order valence-electron chi connectivity index (χ2n) is 3.41. The Morgan fingerprint density at radius 1 is 1.53 bits per heavy atom. The van der Waals surface area contributed by atoms with Crippen LogP contribution in [0.5, 0.6) is 5.88 Å². The van der Waals surface area contributed by atoms with Crippen LogP contribution in [0.15, 0.2) is 18.3 Å². The molecule has 4 heteroatoms. The lowest BCUT2D eigenvalue weighted by Gasteiger charge is -2.12. The number of rotatable bonds is 6. The molecule has 1 unspecified atom stereocenters. The van der Waals surface area contributed by atoms with E-state index in [0.717, 1.165) is 12.1 Å². The Bertz CT molecular complexity index is 274. The zero-order valence-electron chi connectivity index (χ0n) is 9.23. The summed E-state index contributed by atoms with van der Waals surface area (Å²) >= 11 is 0. The summed E-state index contributed by atoms with van der Waals surface area (Å²) in [5, 5.41) is 11.9. The summed E-state index contributed by atoms with van der Waals surface area (Å²) in [6.07, 6.45) is 2.81. The number of nitrogens with one attached hydrogen (secondary N) is 1. The minimum atomic E-state index is 0.00848. The third-order valence-electron chi connectivity index (χ3n) is 2.10. The number of anilines is 1. The molecule has 0 fully saturated rings. The summed E-state index contributed by atoms with van der Waals surface area (Å²) in [5.74, 6) is 0.541. The number of aliphatic hydroxyl groups excluding tert-OH is 1. The van der Waals surface area contributed by atoms with Crippen LogP contribution in [0, 0.1) is 0 Å². The molecule has 0 radical (unpaired) electrons. The molecule has 0 aliphatic heterocycles. The van der Waals surface area contributed by atoms with Crippen LogP contribution < -0.4 is 10.1 Å². The fraction of sp³-hybridized carbons (Fsp3) is 0.545. The Morgan fingerprint density at radius 3 is 2.87 bits per heavy atom. The second-order valence-corrected chi connectivity index (χ2v) is 3.41. The van der Waals surface area contributed by atoms with Crippen molar-refractivity contribution in [1.82, 2.24) is 4.98 Å². The first-order valence-electron chi connectivity index (χ1n) is 5.22. The minimum Gasteiger partial charge on any atom is -0.475 e. The molecule has 1 aromatic heterocycles. The Hall–Kier alpha value is -1.29. The molecule has 1 atom stereocenters. The van der Waals surface area contributed by atoms with Crippen LogP contribution in [-0.2, 0) is 0 Å². The smallest absolute Gasteiger partial charge is 0.213 e. The number of hydrogen-bond acceptors (Lipinski definition) is 4. The van der Waals surface area contributed by atoms with Crippen LogP contribution >= 0.6 is 0 Å². The highest BCUT2D eigenvalue weighted by Gasteiger charge is 1.99. The molecule has 2 N–H and O–H groups in total. The summed E-state index contributed by atoms with van der Waals surface area (Å²) in [5.41, 5.74) is 0.987. The maximum Gasteiger partial charge on any atom is 0.213 e. The molecule has 0 spiro atoms. The minimum absolute atomic E-state index is 0.00848. The number of aromatic nitrogens is 1. The van der Waals surface area contributed by atoms with Crippen molar-refractivity contribution in [2.75, 3.05) is 18.5 Å². The van der Waals surface area contributed by atoms with Crippen molar-refractivity contribution in [1.29, 1.82) is 0 Å². The Balaban J connectivity index is 2.48. The van der Waals surface area contributed by atoms with Gasteiger partial charge in [0.2, 0.25) is 5.88 Å². The summed E-state index contributed by atoms with van der Waals surface area (Å²) in [6, 6.07) is 4.16. The third kappa shape index (κ3) is 4.16. The topological polar surface area (TPSA) is 54.4 Å². The maximum atomic E-state index is 8.57. The summed E-state index contributed by atoms with van der Waals surface area (Å²) in [7, 11) is 0. The van der Waals surface area contributed by atoms with E-state index in [4.69, 9.17) is 9.84 Å². The van der Waals surface area contributed by atoms with Crippen LogP contribution in [0.1, 0.15) is 20.3 Å². The van der Waals surface area contributed by atoms with Crippen LogP contribution in [0.4, 0.5) is 5.69 Å². The normalized spacial score (nSPS) is 12.2. The highest BCUT2D eigenvalue weighted by Crippen LogP contribution is 2.12. The molecule has 15 heavy (non-hydrogen) atoms. The SMILES string of the molecule is CCC(C)Nc1ccc(OCCO)nc1. The van der Waals surface area contributed by atoms with Crippen LogP contribution in [0.25, 0.3) is 0 Å². The number of hydrogen-bond donors (Lipinski definition) is 2. The van der Waals surface area contributed by atoms with E-state index < -0.39 is 0 Å². The molecule has 0 bridgehead atoms. The van der Waals surface area contributed by atoms with Crippen molar-refractivity contribution in [3.63, 3.8) is 0 Å². The van der Waals surface area contributed by atoms with Crippen molar-refractivity contribution < 1.29 is 9.84 Å². The monoisotopic (exact) mass is 210 g/mol. The molecule has 0 aliphatic rings. The average Bonchev–Trinajstić information content (AvgIpc) is 2.28. The predicted molar refractivity (Wildman–Crippen MR) is 60.2 cm³/mol. The molecule has 0 aromatic carbocycles. The molecular weight excluding hydrogens is 192 g/mol. The van der Waals surface area contributed by atoms with E-state index in [-0.39, 0.29) is 13.2 Å². The lowest BCUT2D eigenvalue weighted by atomic mass is 10.2. The number of pyridine rings is 1. The van der Waals surface area contributed by atoms with Gasteiger partial charge in [-0.15, -0.1) is 0 Å². The Morgan fingerprint density at radius 2 is 2.33 bits per heavy atom. The molecular formula is C11H18N2O2. The molecule has 0 saturated heterocycles. The Labute approximate surface area is 90.3 Å². The zero-order valence-corrected chi connectivity index (χ0v) is 9.23. The molecule has 0 amide bonds. The highest BCUT2D eigenvalue weighted by molar-refractivity contribution is 5.42. The van der Waals surface area contributed by atoms with E-state index >= 15 is 0 Å². The first-order chi connectivity index (χ1) is 7.26. The summed E-state index contributed by atoms with van der Waals surface area (Å²) in [6.45, 7) is 4.54. The molecule has 0 aliphatic carbocycles. The molecule has 1 rings (SSSR count). The number of aliphatic hydroxyl groups is 1. The highest BCUT2D eigenvalue weighted by atomic mass is 16.5. The van der Waals surface area contributed by atoms with E-state index in [2.05, 4.69) is 24.1 Å². The maximum absolute atomic E-state index is 8.57. The van der Waals surface area contributed by atoms with Crippen molar-refractivity contribution in [3.8, 4) is 5.88 Å². The standard InChI is InChI=1S/C11H18N2O2/c1-3-9(2)13-10-4-5-11(12-8-10)15-7-6-14/h4-5,8-9,13-14H,3,6-7H2,1-2H3. The predicted octanol–water partition coefficient (Wildman–Crippen LogP) is 1.66. The fourth-order valence-corrected chi connectivity index (χ4v) is 1.09. The molecule has 84 valence electrons. The van der Waals surface area contributed by atoms with Gasteiger partial charge in [-0.25, -0.2) is 4.98 Å². The van der Waals surface area contributed by atoms with Gasteiger partial charge in [-0.1, -0.05) is 6.92 Å². The van der Waals surface area contributed by atoms with Crippen LogP contribution in [-0.4, -0.2) is 29.3 Å². The average molecular weight is 210 g/mol. The van der Waals surface area contributed by atoms with Gasteiger partial charge in [0.25, 0.3) is 0 Å². The molecule has 0 saturated carbocycles. The van der Waals surface area contributed by atoms with E-state index in [1.807, 2.05) is 6.07 Å². The van der Waals surface area contributed by atoms with Gasteiger partial charge < -0.3 is 15.2 Å². The second kappa shape index (κ2) is 6.24. The quantitative estimate of drug-likeness (QED) is 0.749. The molecule has 1 aromatic rings. The van der Waals surface area contributed by atoms with Crippen molar-refractivity contribution >= 4 is 5.69 Å². The number of nitrogens with zero attached hydrogens (tertiary/aromatic N) is 1. The third-order valence-corrected chi connectivity index (χ3v) is 2.10. The van der Waals surface area contributed by atoms with Gasteiger partial charge in [-0.05, 0) is 19.4 Å². The van der Waals surface area contributed by atoms with Gasteiger partial charge in [-0.3, -0.25) is 0 Å². The Kier molecular flexibility index (Phi) is 4.90. The van der Waals surface area contributed by atoms with Crippen LogP contribution in [0.3, 0.4) is 0 Å². The zero-order chi connectivity index (χ0) is 11.1.